The van der Waals surface area contributed by atoms with E-state index >= 15 is 0 Å². The Balaban J connectivity index is 1.69. The first-order valence-electron chi connectivity index (χ1n) is 10.4. The molecular weight excluding hydrogens is 408 g/mol. The normalized spacial score (nSPS) is 18.4. The number of fused-ring (bicyclic) bond motifs is 1. The third-order valence-corrected chi connectivity index (χ3v) is 6.14. The summed E-state index contributed by atoms with van der Waals surface area (Å²) in [5.74, 6) is -3.21. The number of esters is 1. The molecule has 1 aliphatic heterocycles. The molecule has 1 amide bonds. The first-order chi connectivity index (χ1) is 15.3. The lowest BCUT2D eigenvalue weighted by Gasteiger charge is -2.27. The molecule has 3 aromatic rings. The number of Topliss-reactive ketones (excluding diaryl/α,β-unsaturated/α-hetero) is 2. The van der Waals surface area contributed by atoms with E-state index in [1.165, 1.54) is 18.9 Å². The lowest BCUT2D eigenvalue weighted by molar-refractivity contribution is -0.142. The molecule has 1 saturated heterocycles. The van der Waals surface area contributed by atoms with Crippen LogP contribution in [0.4, 0.5) is 0 Å². The Labute approximate surface area is 185 Å². The minimum Gasteiger partial charge on any atom is -0.465 e. The van der Waals surface area contributed by atoms with Crippen LogP contribution in [0.25, 0.3) is 10.9 Å². The Bertz CT molecular complexity index is 1240. The molecule has 0 aliphatic carbocycles. The molecule has 2 aromatic carbocycles. The first-order valence-corrected chi connectivity index (χ1v) is 10.4. The van der Waals surface area contributed by atoms with Gasteiger partial charge in [0.25, 0.3) is 5.91 Å². The van der Waals surface area contributed by atoms with Gasteiger partial charge in [0.2, 0.25) is 5.78 Å². The second-order valence-electron chi connectivity index (χ2n) is 8.07. The number of aromatic nitrogens is 1. The zero-order valence-corrected chi connectivity index (χ0v) is 18.2. The van der Waals surface area contributed by atoms with E-state index in [2.05, 4.69) is 4.98 Å². The molecule has 1 fully saturated rings. The molecule has 4 rings (SSSR count). The van der Waals surface area contributed by atoms with Crippen LogP contribution in [0, 0.1) is 12.8 Å². The standard InChI is InChI=1S/C25H24N2O5/c1-14-12-16(8-9-18(14)25(31)32-3)22-21(15(2)28)23(29)24(30)27(22)11-10-17-13-26-20-7-5-4-6-19(17)20/h4-9,12-13,21-22,26H,10-11H2,1-3H3. The van der Waals surface area contributed by atoms with E-state index in [1.54, 1.807) is 25.1 Å². The third kappa shape index (κ3) is 3.60. The van der Waals surface area contributed by atoms with E-state index in [9.17, 15) is 19.2 Å². The van der Waals surface area contributed by atoms with Gasteiger partial charge in [-0.25, -0.2) is 4.79 Å². The molecule has 1 aromatic heterocycles. The predicted octanol–water partition coefficient (Wildman–Crippen LogP) is 3.16. The molecule has 32 heavy (non-hydrogen) atoms. The number of para-hydroxylation sites is 1. The number of H-pyrrole nitrogens is 1. The van der Waals surface area contributed by atoms with Gasteiger partial charge in [-0.3, -0.25) is 14.4 Å². The van der Waals surface area contributed by atoms with Crippen molar-refractivity contribution >= 4 is 34.3 Å². The van der Waals surface area contributed by atoms with Crippen LogP contribution >= 0.6 is 0 Å². The van der Waals surface area contributed by atoms with Crippen molar-refractivity contribution in [3.63, 3.8) is 0 Å². The predicted molar refractivity (Wildman–Crippen MR) is 118 cm³/mol. The van der Waals surface area contributed by atoms with Crippen molar-refractivity contribution in [3.8, 4) is 0 Å². The molecule has 7 heteroatoms. The lowest BCUT2D eigenvalue weighted by atomic mass is 9.88. The van der Waals surface area contributed by atoms with Gasteiger partial charge in [0.15, 0.2) is 0 Å². The number of hydrogen-bond acceptors (Lipinski definition) is 5. The minimum absolute atomic E-state index is 0.290. The molecule has 164 valence electrons. The van der Waals surface area contributed by atoms with Gasteiger partial charge in [0.05, 0.1) is 18.7 Å². The number of ether oxygens (including phenoxy) is 1. The fourth-order valence-electron chi connectivity index (χ4n) is 4.53. The molecule has 2 atom stereocenters. The van der Waals surface area contributed by atoms with Crippen molar-refractivity contribution < 1.29 is 23.9 Å². The van der Waals surface area contributed by atoms with Crippen molar-refractivity contribution in [2.75, 3.05) is 13.7 Å². The quantitative estimate of drug-likeness (QED) is 0.367. The van der Waals surface area contributed by atoms with E-state index in [4.69, 9.17) is 4.74 Å². The number of benzene rings is 2. The van der Waals surface area contributed by atoms with Crippen LogP contribution in [0.15, 0.2) is 48.7 Å². The number of rotatable bonds is 6. The van der Waals surface area contributed by atoms with Gasteiger partial charge in [0, 0.05) is 23.6 Å². The third-order valence-electron chi connectivity index (χ3n) is 6.14. The molecule has 0 spiro atoms. The topological polar surface area (TPSA) is 96.5 Å². The van der Waals surface area contributed by atoms with E-state index in [1.807, 2.05) is 30.5 Å². The zero-order valence-electron chi connectivity index (χ0n) is 18.2. The van der Waals surface area contributed by atoms with Crippen LogP contribution < -0.4 is 0 Å². The Kier molecular flexibility index (Phi) is 5.65. The van der Waals surface area contributed by atoms with Crippen molar-refractivity contribution in [2.24, 2.45) is 5.92 Å². The van der Waals surface area contributed by atoms with Gasteiger partial charge in [-0.1, -0.05) is 30.3 Å². The maximum Gasteiger partial charge on any atom is 0.338 e. The summed E-state index contributed by atoms with van der Waals surface area (Å²) in [5, 5.41) is 1.06. The molecule has 0 radical (unpaired) electrons. The number of nitrogens with one attached hydrogen (secondary N) is 1. The maximum absolute atomic E-state index is 12.9. The molecule has 7 nitrogen and oxygen atoms in total. The van der Waals surface area contributed by atoms with Crippen LogP contribution in [0.3, 0.4) is 0 Å². The number of likely N-dealkylation sites (tertiary alicyclic amines) is 1. The van der Waals surface area contributed by atoms with Gasteiger partial charge in [-0.05, 0) is 49.1 Å². The Hall–Kier alpha value is -3.74. The van der Waals surface area contributed by atoms with Crippen molar-refractivity contribution in [2.45, 2.75) is 26.3 Å². The van der Waals surface area contributed by atoms with Crippen LogP contribution in [0.1, 0.15) is 40.0 Å². The van der Waals surface area contributed by atoms with Crippen molar-refractivity contribution in [1.82, 2.24) is 9.88 Å². The number of nitrogens with zero attached hydrogens (tertiary/aromatic N) is 1. The highest BCUT2D eigenvalue weighted by Gasteiger charge is 2.50. The van der Waals surface area contributed by atoms with Crippen LogP contribution in [-0.2, 0) is 25.5 Å². The lowest BCUT2D eigenvalue weighted by Crippen LogP contribution is -2.32. The summed E-state index contributed by atoms with van der Waals surface area (Å²) in [4.78, 5) is 54.6. The second kappa shape index (κ2) is 8.42. The smallest absolute Gasteiger partial charge is 0.338 e. The molecule has 2 unspecified atom stereocenters. The second-order valence-corrected chi connectivity index (χ2v) is 8.07. The highest BCUT2D eigenvalue weighted by Crippen LogP contribution is 2.37. The van der Waals surface area contributed by atoms with E-state index in [-0.39, 0.29) is 5.78 Å². The highest BCUT2D eigenvalue weighted by atomic mass is 16.5. The molecule has 1 aliphatic rings. The number of ketones is 2. The van der Waals surface area contributed by atoms with Crippen LogP contribution in [0.5, 0.6) is 0 Å². The summed E-state index contributed by atoms with van der Waals surface area (Å²) < 4.78 is 4.80. The van der Waals surface area contributed by atoms with Gasteiger partial charge in [-0.2, -0.15) is 0 Å². The summed E-state index contributed by atoms with van der Waals surface area (Å²) >= 11 is 0. The molecule has 0 saturated carbocycles. The largest absolute Gasteiger partial charge is 0.465 e. The van der Waals surface area contributed by atoms with E-state index < -0.39 is 29.6 Å². The Morgan fingerprint density at radius 3 is 2.56 bits per heavy atom. The van der Waals surface area contributed by atoms with Gasteiger partial charge in [0.1, 0.15) is 11.7 Å². The average Bonchev–Trinajstić information content (AvgIpc) is 3.30. The summed E-state index contributed by atoms with van der Waals surface area (Å²) in [5.41, 5.74) is 3.73. The van der Waals surface area contributed by atoms with Crippen LogP contribution in [-0.4, -0.2) is 47.0 Å². The Morgan fingerprint density at radius 1 is 1.12 bits per heavy atom. The summed E-state index contributed by atoms with van der Waals surface area (Å²) in [6.07, 6.45) is 2.43. The zero-order chi connectivity index (χ0) is 23.0. The molecule has 1 N–H and O–H groups in total. The highest BCUT2D eigenvalue weighted by molar-refractivity contribution is 6.42. The van der Waals surface area contributed by atoms with Gasteiger partial charge < -0.3 is 14.6 Å². The molecule has 0 bridgehead atoms. The number of aryl methyl sites for hydroxylation is 1. The van der Waals surface area contributed by atoms with Gasteiger partial charge in [-0.15, -0.1) is 0 Å². The maximum atomic E-state index is 12.9. The average molecular weight is 432 g/mol. The van der Waals surface area contributed by atoms with E-state index in [0.717, 1.165) is 16.5 Å². The number of hydrogen-bond donors (Lipinski definition) is 1. The molecular formula is C25H24N2O5. The number of amides is 1. The number of methoxy groups -OCH3 is 1. The SMILES string of the molecule is COC(=O)c1ccc(C2C(C(C)=O)C(=O)C(=O)N2CCc2c[nH]c3ccccc23)cc1C. The number of aromatic amines is 1. The summed E-state index contributed by atoms with van der Waals surface area (Å²) in [6, 6.07) is 12.2. The van der Waals surface area contributed by atoms with Gasteiger partial charge >= 0.3 is 5.97 Å². The molecule has 2 heterocycles. The summed E-state index contributed by atoms with van der Waals surface area (Å²) in [6.45, 7) is 3.38. The Morgan fingerprint density at radius 2 is 1.88 bits per heavy atom. The van der Waals surface area contributed by atoms with Crippen molar-refractivity contribution in [1.29, 1.82) is 0 Å². The van der Waals surface area contributed by atoms with Crippen LogP contribution in [0.2, 0.25) is 0 Å². The van der Waals surface area contributed by atoms with Crippen molar-refractivity contribution in [3.05, 3.63) is 70.9 Å². The van der Waals surface area contributed by atoms with E-state index in [0.29, 0.717) is 29.7 Å². The fourth-order valence-corrected chi connectivity index (χ4v) is 4.53. The number of carbonyl (C=O) groups is 4. The fraction of sp³-hybridized carbons (Fsp3) is 0.280. The monoisotopic (exact) mass is 432 g/mol. The number of carbonyl (C=O) groups excluding carboxylic acids is 4. The first kappa shape index (κ1) is 21.5. The summed E-state index contributed by atoms with van der Waals surface area (Å²) in [7, 11) is 1.31. The minimum atomic E-state index is -1.06.